The van der Waals surface area contributed by atoms with Gasteiger partial charge in [0, 0.05) is 37.0 Å². The molecule has 0 heterocycles. The highest BCUT2D eigenvalue weighted by Gasteiger charge is 2.15. The summed E-state index contributed by atoms with van der Waals surface area (Å²) in [6.45, 7) is 1.62. The van der Waals surface area contributed by atoms with Gasteiger partial charge in [0.05, 0.1) is 11.5 Å². The van der Waals surface area contributed by atoms with Crippen molar-refractivity contribution in [1.82, 2.24) is 5.32 Å². The Hall–Kier alpha value is -0.620. The number of halogens is 1. The van der Waals surface area contributed by atoms with Gasteiger partial charge < -0.3 is 10.1 Å². The SMILES string of the molecule is COCCNCc1c(Cl)cccc1S(C)(=O)=O. The van der Waals surface area contributed by atoms with E-state index in [1.807, 2.05) is 0 Å². The van der Waals surface area contributed by atoms with Crippen molar-refractivity contribution in [2.45, 2.75) is 11.4 Å². The Balaban J connectivity index is 2.89. The van der Waals surface area contributed by atoms with Crippen LogP contribution in [0, 0.1) is 0 Å². The Morgan fingerprint density at radius 2 is 2.12 bits per heavy atom. The first-order valence-corrected chi connectivity index (χ1v) is 7.41. The van der Waals surface area contributed by atoms with Gasteiger partial charge in [0.15, 0.2) is 9.84 Å². The summed E-state index contributed by atoms with van der Waals surface area (Å²) in [5.41, 5.74) is 0.604. The first kappa shape index (κ1) is 14.4. The molecule has 6 heteroatoms. The van der Waals surface area contributed by atoms with E-state index in [2.05, 4.69) is 5.32 Å². The van der Waals surface area contributed by atoms with E-state index in [4.69, 9.17) is 16.3 Å². The molecule has 0 saturated heterocycles. The third-order valence-corrected chi connectivity index (χ3v) is 3.80. The summed E-state index contributed by atoms with van der Waals surface area (Å²) < 4.78 is 28.1. The molecule has 0 bridgehead atoms. The predicted molar refractivity (Wildman–Crippen MR) is 68.1 cm³/mol. The lowest BCUT2D eigenvalue weighted by Crippen LogP contribution is -2.20. The molecule has 0 aliphatic rings. The molecule has 0 spiro atoms. The van der Waals surface area contributed by atoms with Crippen molar-refractivity contribution in [2.75, 3.05) is 26.5 Å². The molecular formula is C11H16ClNO3S. The van der Waals surface area contributed by atoms with Gasteiger partial charge in [-0.05, 0) is 12.1 Å². The molecule has 1 aromatic rings. The van der Waals surface area contributed by atoms with E-state index >= 15 is 0 Å². The smallest absolute Gasteiger partial charge is 0.175 e. The highest BCUT2D eigenvalue weighted by Crippen LogP contribution is 2.23. The van der Waals surface area contributed by atoms with Crippen molar-refractivity contribution in [1.29, 1.82) is 0 Å². The van der Waals surface area contributed by atoms with Gasteiger partial charge in [0.25, 0.3) is 0 Å². The zero-order chi connectivity index (χ0) is 12.9. The van der Waals surface area contributed by atoms with Gasteiger partial charge in [-0.2, -0.15) is 0 Å². The molecule has 0 atom stereocenters. The zero-order valence-corrected chi connectivity index (χ0v) is 11.4. The average molecular weight is 278 g/mol. The number of hydrogen-bond donors (Lipinski definition) is 1. The topological polar surface area (TPSA) is 55.4 Å². The van der Waals surface area contributed by atoms with Gasteiger partial charge in [0.1, 0.15) is 0 Å². The fourth-order valence-electron chi connectivity index (χ4n) is 1.45. The van der Waals surface area contributed by atoms with E-state index in [0.29, 0.717) is 30.3 Å². The second-order valence-electron chi connectivity index (χ2n) is 3.66. The van der Waals surface area contributed by atoms with Crippen LogP contribution in [0.3, 0.4) is 0 Å². The van der Waals surface area contributed by atoms with E-state index in [1.165, 1.54) is 6.26 Å². The molecule has 0 aliphatic heterocycles. The van der Waals surface area contributed by atoms with Crippen molar-refractivity contribution in [3.05, 3.63) is 28.8 Å². The molecule has 1 N–H and O–H groups in total. The summed E-state index contributed by atoms with van der Waals surface area (Å²) in [5, 5.41) is 3.54. The lowest BCUT2D eigenvalue weighted by Gasteiger charge is -2.10. The number of nitrogens with one attached hydrogen (secondary N) is 1. The van der Waals surface area contributed by atoms with Crippen molar-refractivity contribution in [3.8, 4) is 0 Å². The zero-order valence-electron chi connectivity index (χ0n) is 9.86. The first-order valence-electron chi connectivity index (χ1n) is 5.14. The van der Waals surface area contributed by atoms with Crippen molar-refractivity contribution in [3.63, 3.8) is 0 Å². The summed E-state index contributed by atoms with van der Waals surface area (Å²) in [6.07, 6.45) is 1.18. The highest BCUT2D eigenvalue weighted by atomic mass is 35.5. The van der Waals surface area contributed by atoms with Crippen LogP contribution in [0.4, 0.5) is 0 Å². The van der Waals surface area contributed by atoms with E-state index < -0.39 is 9.84 Å². The molecule has 0 saturated carbocycles. The van der Waals surface area contributed by atoms with Crippen LogP contribution in [-0.4, -0.2) is 34.9 Å². The minimum atomic E-state index is -3.25. The van der Waals surface area contributed by atoms with Gasteiger partial charge in [-0.3, -0.25) is 0 Å². The minimum Gasteiger partial charge on any atom is -0.383 e. The number of sulfone groups is 1. The monoisotopic (exact) mass is 277 g/mol. The molecule has 0 radical (unpaired) electrons. The van der Waals surface area contributed by atoms with Crippen LogP contribution in [0.2, 0.25) is 5.02 Å². The quantitative estimate of drug-likeness (QED) is 0.801. The summed E-state index contributed by atoms with van der Waals surface area (Å²) >= 11 is 6.01. The third kappa shape index (κ3) is 4.27. The molecule has 96 valence electrons. The second-order valence-corrected chi connectivity index (χ2v) is 6.05. The predicted octanol–water partition coefficient (Wildman–Crippen LogP) is 1.48. The Kier molecular flexibility index (Phi) is 5.39. The number of methoxy groups -OCH3 is 1. The molecule has 17 heavy (non-hydrogen) atoms. The number of hydrogen-bond acceptors (Lipinski definition) is 4. The van der Waals surface area contributed by atoms with Crippen molar-refractivity contribution in [2.24, 2.45) is 0 Å². The fourth-order valence-corrected chi connectivity index (χ4v) is 2.70. The van der Waals surface area contributed by atoms with Crippen LogP contribution >= 0.6 is 11.6 Å². The maximum Gasteiger partial charge on any atom is 0.175 e. The third-order valence-electron chi connectivity index (χ3n) is 2.26. The van der Waals surface area contributed by atoms with Crippen LogP contribution in [-0.2, 0) is 21.1 Å². The van der Waals surface area contributed by atoms with E-state index in [9.17, 15) is 8.42 Å². The van der Waals surface area contributed by atoms with Crippen LogP contribution in [0.15, 0.2) is 23.1 Å². The van der Waals surface area contributed by atoms with Crippen LogP contribution in [0.5, 0.6) is 0 Å². The number of ether oxygens (including phenoxy) is 1. The standard InChI is InChI=1S/C11H16ClNO3S/c1-16-7-6-13-8-9-10(12)4-3-5-11(9)17(2,14)15/h3-5,13H,6-8H2,1-2H3. The first-order chi connectivity index (χ1) is 7.96. The summed E-state index contributed by atoms with van der Waals surface area (Å²) in [6, 6.07) is 4.88. The number of rotatable bonds is 6. The average Bonchev–Trinajstić information content (AvgIpc) is 2.24. The second kappa shape index (κ2) is 6.35. The molecule has 1 rings (SSSR count). The Morgan fingerprint density at radius 1 is 1.41 bits per heavy atom. The molecule has 4 nitrogen and oxygen atoms in total. The van der Waals surface area contributed by atoms with Crippen molar-refractivity contribution < 1.29 is 13.2 Å². The Labute approximate surface area is 107 Å². The normalized spacial score (nSPS) is 11.7. The van der Waals surface area contributed by atoms with Gasteiger partial charge in [-0.15, -0.1) is 0 Å². The Morgan fingerprint density at radius 3 is 2.71 bits per heavy atom. The molecule has 0 unspecified atom stereocenters. The summed E-state index contributed by atoms with van der Waals surface area (Å²) in [5.74, 6) is 0. The van der Waals surface area contributed by atoms with Crippen LogP contribution in [0.25, 0.3) is 0 Å². The molecular weight excluding hydrogens is 262 g/mol. The number of benzene rings is 1. The minimum absolute atomic E-state index is 0.273. The van der Waals surface area contributed by atoms with Crippen LogP contribution < -0.4 is 5.32 Å². The van der Waals surface area contributed by atoms with E-state index in [-0.39, 0.29) is 4.90 Å². The van der Waals surface area contributed by atoms with Crippen molar-refractivity contribution >= 4 is 21.4 Å². The van der Waals surface area contributed by atoms with E-state index in [1.54, 1.807) is 25.3 Å². The van der Waals surface area contributed by atoms with Crippen LogP contribution in [0.1, 0.15) is 5.56 Å². The lowest BCUT2D eigenvalue weighted by molar-refractivity contribution is 0.199. The molecule has 1 aromatic carbocycles. The van der Waals surface area contributed by atoms with Gasteiger partial charge >= 0.3 is 0 Å². The maximum atomic E-state index is 11.6. The van der Waals surface area contributed by atoms with E-state index in [0.717, 1.165) is 0 Å². The summed E-state index contributed by atoms with van der Waals surface area (Å²) in [4.78, 5) is 0.273. The largest absolute Gasteiger partial charge is 0.383 e. The van der Waals surface area contributed by atoms with Gasteiger partial charge in [0.2, 0.25) is 0 Å². The molecule has 0 aliphatic carbocycles. The Bertz CT molecular complexity index is 474. The lowest BCUT2D eigenvalue weighted by atomic mass is 10.2. The van der Waals surface area contributed by atoms with Gasteiger partial charge in [-0.1, -0.05) is 17.7 Å². The summed E-state index contributed by atoms with van der Waals surface area (Å²) in [7, 11) is -1.64. The molecule has 0 fully saturated rings. The molecule has 0 amide bonds. The maximum absolute atomic E-state index is 11.6. The molecule has 0 aromatic heterocycles. The fraction of sp³-hybridized carbons (Fsp3) is 0.455. The highest BCUT2D eigenvalue weighted by molar-refractivity contribution is 7.90. The van der Waals surface area contributed by atoms with Gasteiger partial charge in [-0.25, -0.2) is 8.42 Å².